The fourth-order valence-corrected chi connectivity index (χ4v) is 6.99. The highest BCUT2D eigenvalue weighted by molar-refractivity contribution is 5.76. The molecular weight excluding hydrogens is 768 g/mol. The second kappa shape index (κ2) is 19.1. The first kappa shape index (κ1) is 46.3. The monoisotopic (exact) mass is 820 g/mol. The normalized spacial score (nSPS) is 45.7. The van der Waals surface area contributed by atoms with Gasteiger partial charge >= 0.3 is 5.97 Å². The van der Waals surface area contributed by atoms with Crippen LogP contribution >= 0.6 is 0 Å². The molecule has 15 N–H and O–H groups in total. The SMILES string of the molecule is CC(=O)N[C@@H]1[C@@H](O[C@@H]2O[C@H](CO)[C@H](O)[C@H](O[C@]3(C(=O)O)C[C@H](O)[C@@H](NC(C)=O)[C@H]([C@H](O)[C@H](O)CO)O3)[C@H]2O)[C@H](O[C@@H]2O[C@@H](C)[C@@H](O)[C@@H](O)[C@@H]2O)[C@@H](CO)O[C@H]1O. The molecule has 0 unspecified atom stereocenters. The zero-order chi connectivity index (χ0) is 42.0. The Bertz CT molecular complexity index is 1330. The third-order valence-corrected chi connectivity index (χ3v) is 9.94. The van der Waals surface area contributed by atoms with E-state index in [4.69, 9.17) is 33.2 Å². The van der Waals surface area contributed by atoms with Crippen LogP contribution in [0.5, 0.6) is 0 Å². The van der Waals surface area contributed by atoms with Gasteiger partial charge in [0, 0.05) is 20.3 Å². The second-order valence-electron chi connectivity index (χ2n) is 14.0. The van der Waals surface area contributed by atoms with Crippen molar-refractivity contribution in [3.05, 3.63) is 0 Å². The molecule has 0 aromatic rings. The number of aliphatic carboxylic acids is 1. The van der Waals surface area contributed by atoms with Gasteiger partial charge < -0.3 is 110 Å². The number of carbonyl (C=O) groups excluding carboxylic acids is 2. The highest BCUT2D eigenvalue weighted by atomic mass is 16.8. The molecule has 0 spiro atoms. The molecule has 0 radical (unpaired) electrons. The van der Waals surface area contributed by atoms with E-state index >= 15 is 0 Å². The average Bonchev–Trinajstić information content (AvgIpc) is 3.14. The van der Waals surface area contributed by atoms with Crippen LogP contribution in [-0.4, -0.2) is 232 Å². The average molecular weight is 821 g/mol. The molecule has 4 saturated heterocycles. The van der Waals surface area contributed by atoms with Crippen molar-refractivity contribution in [2.24, 2.45) is 0 Å². The minimum absolute atomic E-state index is 0.785. The smallest absolute Gasteiger partial charge is 0.364 e. The van der Waals surface area contributed by atoms with Gasteiger partial charge in [0.1, 0.15) is 85.4 Å². The summed E-state index contributed by atoms with van der Waals surface area (Å²) >= 11 is 0. The number of hydrogen-bond donors (Lipinski definition) is 15. The number of carbonyl (C=O) groups is 3. The molecule has 0 aromatic heterocycles. The first-order valence-electron chi connectivity index (χ1n) is 17.6. The summed E-state index contributed by atoms with van der Waals surface area (Å²) in [6.45, 7) is 0.296. The van der Waals surface area contributed by atoms with Gasteiger partial charge in [0.15, 0.2) is 18.9 Å². The van der Waals surface area contributed by atoms with E-state index in [1.54, 1.807) is 0 Å². The fraction of sp³-hybridized carbons (Fsp3) is 0.903. The highest BCUT2D eigenvalue weighted by Crippen LogP contribution is 2.39. The number of carboxylic acid groups (broad SMARTS) is 1. The van der Waals surface area contributed by atoms with Crippen LogP contribution in [0.15, 0.2) is 0 Å². The van der Waals surface area contributed by atoms with Crippen molar-refractivity contribution in [1.82, 2.24) is 10.6 Å². The Labute approximate surface area is 317 Å². The maximum absolute atomic E-state index is 12.9. The summed E-state index contributed by atoms with van der Waals surface area (Å²) in [6.07, 6.45) is -35.2. The van der Waals surface area contributed by atoms with Crippen molar-refractivity contribution in [1.29, 1.82) is 0 Å². The number of ether oxygens (including phenoxy) is 7. The van der Waals surface area contributed by atoms with Gasteiger partial charge in [-0.05, 0) is 6.92 Å². The molecule has 56 heavy (non-hydrogen) atoms. The van der Waals surface area contributed by atoms with Crippen molar-refractivity contribution in [3.63, 3.8) is 0 Å². The number of nitrogens with one attached hydrogen (secondary N) is 2. The Hall–Kier alpha value is -2.35. The van der Waals surface area contributed by atoms with E-state index in [1.165, 1.54) is 6.92 Å². The minimum Gasteiger partial charge on any atom is -0.477 e. The number of hydrogen-bond acceptors (Lipinski definition) is 22. The first-order chi connectivity index (χ1) is 26.2. The van der Waals surface area contributed by atoms with Gasteiger partial charge in [-0.3, -0.25) is 9.59 Å². The molecule has 0 aliphatic carbocycles. The molecule has 0 aromatic carbocycles. The maximum atomic E-state index is 12.9. The lowest BCUT2D eigenvalue weighted by atomic mass is 9.88. The molecule has 0 bridgehead atoms. The van der Waals surface area contributed by atoms with Crippen LogP contribution < -0.4 is 10.6 Å². The molecule has 0 saturated carbocycles. The third-order valence-electron chi connectivity index (χ3n) is 9.94. The summed E-state index contributed by atoms with van der Waals surface area (Å²) in [6, 6.07) is -3.27. The maximum Gasteiger partial charge on any atom is 0.364 e. The number of carboxylic acids is 1. The molecule has 25 nitrogen and oxygen atoms in total. The van der Waals surface area contributed by atoms with Crippen LogP contribution in [0.2, 0.25) is 0 Å². The van der Waals surface area contributed by atoms with E-state index in [9.17, 15) is 80.8 Å². The molecule has 21 atom stereocenters. The van der Waals surface area contributed by atoms with Gasteiger partial charge in [0.2, 0.25) is 11.8 Å². The quantitative estimate of drug-likeness (QED) is 0.0773. The molecule has 4 heterocycles. The summed E-state index contributed by atoms with van der Waals surface area (Å²) < 4.78 is 39.7. The Kier molecular flexibility index (Phi) is 15.8. The van der Waals surface area contributed by atoms with Crippen LogP contribution in [0.4, 0.5) is 0 Å². The summed E-state index contributed by atoms with van der Waals surface area (Å²) in [5.74, 6) is -6.72. The molecule has 4 aliphatic heterocycles. The second-order valence-corrected chi connectivity index (χ2v) is 14.0. The Morgan fingerprint density at radius 2 is 1.30 bits per heavy atom. The van der Waals surface area contributed by atoms with Gasteiger partial charge in [-0.1, -0.05) is 0 Å². The molecule has 4 rings (SSSR count). The predicted octanol–water partition coefficient (Wildman–Crippen LogP) is -9.23. The zero-order valence-corrected chi connectivity index (χ0v) is 30.3. The zero-order valence-electron chi connectivity index (χ0n) is 30.3. The number of rotatable bonds is 14. The van der Waals surface area contributed by atoms with E-state index < -0.39 is 172 Å². The lowest BCUT2D eigenvalue weighted by Gasteiger charge is -2.51. The minimum atomic E-state index is -3.12. The highest BCUT2D eigenvalue weighted by Gasteiger charge is 2.60. The predicted molar refractivity (Wildman–Crippen MR) is 173 cm³/mol. The summed E-state index contributed by atoms with van der Waals surface area (Å²) in [5, 5.41) is 142. The molecule has 2 amide bonds. The van der Waals surface area contributed by atoms with Crippen LogP contribution in [0.25, 0.3) is 0 Å². The lowest BCUT2D eigenvalue weighted by Crippen LogP contribution is -2.71. The van der Waals surface area contributed by atoms with E-state index in [0.29, 0.717) is 0 Å². The topological polar surface area (TPSA) is 403 Å². The Morgan fingerprint density at radius 1 is 0.732 bits per heavy atom. The molecule has 25 heteroatoms. The van der Waals surface area contributed by atoms with Gasteiger partial charge in [-0.25, -0.2) is 4.79 Å². The number of aliphatic hydroxyl groups excluding tert-OH is 12. The fourth-order valence-electron chi connectivity index (χ4n) is 6.99. The van der Waals surface area contributed by atoms with E-state index in [0.717, 1.165) is 13.8 Å². The van der Waals surface area contributed by atoms with E-state index in [2.05, 4.69) is 10.6 Å². The largest absolute Gasteiger partial charge is 0.477 e. The van der Waals surface area contributed by atoms with Crippen molar-refractivity contribution in [2.45, 2.75) is 155 Å². The first-order valence-corrected chi connectivity index (χ1v) is 17.6. The summed E-state index contributed by atoms with van der Waals surface area (Å²) in [5.41, 5.74) is 0. The Balaban J connectivity index is 1.72. The summed E-state index contributed by atoms with van der Waals surface area (Å²) in [7, 11) is 0. The third kappa shape index (κ3) is 9.74. The molecule has 324 valence electrons. The van der Waals surface area contributed by atoms with Crippen molar-refractivity contribution in [2.75, 3.05) is 19.8 Å². The number of aliphatic hydroxyl groups is 12. The Morgan fingerprint density at radius 3 is 1.86 bits per heavy atom. The van der Waals surface area contributed by atoms with Gasteiger partial charge in [0.25, 0.3) is 5.79 Å². The van der Waals surface area contributed by atoms with Crippen molar-refractivity contribution in [3.8, 4) is 0 Å². The standard InChI is InChI=1S/C31H52N2O23/c1-8-17(41)20(44)21(45)28(50-8)53-23-14(7-36)51-27(47)16(33-10(3)38)25(23)54-29-22(46)26(19(43)13(6-35)52-29)56-31(30(48)49)4-11(39)15(32-9(2)37)24(55-31)18(42)12(40)5-34/h8,11-29,34-36,39-47H,4-7H2,1-3H3,(H,32,37)(H,33,38)(H,48,49)/t8-,11-,12+,13+,14+,15+,16+,17+,18+,19-,20+,21-,22+,23+,24+,25+,26-,27+,28-,29-,31-/m0/s1. The van der Waals surface area contributed by atoms with E-state index in [-0.39, 0.29) is 0 Å². The van der Waals surface area contributed by atoms with Crippen molar-refractivity contribution < 1.29 is 114 Å². The van der Waals surface area contributed by atoms with Crippen molar-refractivity contribution >= 4 is 17.8 Å². The van der Waals surface area contributed by atoms with Crippen LogP contribution in [-0.2, 0) is 47.5 Å². The molecule has 4 fully saturated rings. The van der Waals surface area contributed by atoms with Crippen LogP contribution in [0, 0.1) is 0 Å². The summed E-state index contributed by atoms with van der Waals surface area (Å²) in [4.78, 5) is 37.0. The molecule has 4 aliphatic rings. The number of amides is 2. The molecular formula is C31H52N2O23. The van der Waals surface area contributed by atoms with Crippen LogP contribution in [0.1, 0.15) is 27.2 Å². The van der Waals surface area contributed by atoms with Crippen LogP contribution in [0.3, 0.4) is 0 Å². The van der Waals surface area contributed by atoms with Gasteiger partial charge in [0.05, 0.1) is 38.1 Å². The van der Waals surface area contributed by atoms with E-state index in [1.807, 2.05) is 0 Å². The lowest BCUT2D eigenvalue weighted by molar-refractivity contribution is -0.389. The van der Waals surface area contributed by atoms with Gasteiger partial charge in [-0.15, -0.1) is 0 Å². The van der Waals surface area contributed by atoms with Gasteiger partial charge in [-0.2, -0.15) is 0 Å².